The topological polar surface area (TPSA) is 78.0 Å². The molecule has 0 saturated heterocycles. The monoisotopic (exact) mass is 396 g/mol. The van der Waals surface area contributed by atoms with Crippen LogP contribution in [0.15, 0.2) is 59.0 Å². The maximum absolute atomic E-state index is 12.0. The van der Waals surface area contributed by atoms with Gasteiger partial charge in [0, 0.05) is 23.9 Å². The van der Waals surface area contributed by atoms with Crippen LogP contribution in [0.3, 0.4) is 0 Å². The van der Waals surface area contributed by atoms with Crippen LogP contribution in [0.25, 0.3) is 16.3 Å². The Labute approximate surface area is 163 Å². The van der Waals surface area contributed by atoms with Crippen LogP contribution in [0.5, 0.6) is 0 Å². The summed E-state index contributed by atoms with van der Waals surface area (Å²) in [6, 6.07) is 11.4. The molecule has 0 bridgehead atoms. The van der Waals surface area contributed by atoms with Gasteiger partial charge in [-0.2, -0.15) is 9.61 Å². The molecule has 0 spiro atoms. The Bertz CT molecular complexity index is 1160. The molecular formula is C18H16N6OS2. The average molecular weight is 397 g/mol. The summed E-state index contributed by atoms with van der Waals surface area (Å²) in [5.74, 6) is 1.38. The van der Waals surface area contributed by atoms with Crippen molar-refractivity contribution in [2.75, 3.05) is 0 Å². The quantitative estimate of drug-likeness (QED) is 0.368. The molecule has 9 heteroatoms. The molecule has 0 fully saturated rings. The lowest BCUT2D eigenvalue weighted by molar-refractivity contribution is 0.731. The SMILES string of the molecule is C=CCn1c(SCc2nn3c(=O)cc(C)nc3s2)nnc1-c1ccccc1. The third-order valence-electron chi connectivity index (χ3n) is 3.80. The van der Waals surface area contributed by atoms with Crippen LogP contribution < -0.4 is 5.56 Å². The van der Waals surface area contributed by atoms with E-state index in [9.17, 15) is 4.79 Å². The van der Waals surface area contributed by atoms with Crippen LogP contribution in [-0.2, 0) is 12.3 Å². The van der Waals surface area contributed by atoms with Gasteiger partial charge in [0.15, 0.2) is 11.0 Å². The predicted molar refractivity (Wildman–Crippen MR) is 107 cm³/mol. The summed E-state index contributed by atoms with van der Waals surface area (Å²) >= 11 is 2.94. The van der Waals surface area contributed by atoms with E-state index < -0.39 is 0 Å². The summed E-state index contributed by atoms with van der Waals surface area (Å²) in [6.45, 7) is 6.25. The highest BCUT2D eigenvalue weighted by molar-refractivity contribution is 7.98. The molecule has 0 unspecified atom stereocenters. The number of benzene rings is 1. The molecule has 0 amide bonds. The Balaban J connectivity index is 1.61. The number of rotatable bonds is 6. The van der Waals surface area contributed by atoms with Crippen molar-refractivity contribution >= 4 is 28.1 Å². The summed E-state index contributed by atoms with van der Waals surface area (Å²) in [4.78, 5) is 17.0. The fraction of sp³-hybridized carbons (Fsp3) is 0.167. The van der Waals surface area contributed by atoms with Crippen molar-refractivity contribution in [1.82, 2.24) is 29.4 Å². The molecule has 0 aliphatic rings. The summed E-state index contributed by atoms with van der Waals surface area (Å²) in [5.41, 5.74) is 1.54. The molecule has 3 aromatic heterocycles. The molecule has 0 aliphatic heterocycles. The van der Waals surface area contributed by atoms with Crippen molar-refractivity contribution in [3.63, 3.8) is 0 Å². The molecule has 0 atom stereocenters. The Hall–Kier alpha value is -2.78. The van der Waals surface area contributed by atoms with E-state index in [2.05, 4.69) is 26.9 Å². The van der Waals surface area contributed by atoms with Gasteiger partial charge >= 0.3 is 0 Å². The highest BCUT2D eigenvalue weighted by Crippen LogP contribution is 2.27. The summed E-state index contributed by atoms with van der Waals surface area (Å²) in [6.07, 6.45) is 1.82. The standard InChI is InChI=1S/C18H16N6OS2/c1-3-9-23-16(13-7-5-4-6-8-13)20-21-18(23)26-11-14-22-24-15(25)10-12(2)19-17(24)27-14/h3-8,10H,1,9,11H2,2H3. The van der Waals surface area contributed by atoms with Crippen LogP contribution in [0.1, 0.15) is 10.7 Å². The first-order valence-corrected chi connectivity index (χ1v) is 10.0. The van der Waals surface area contributed by atoms with Crippen molar-refractivity contribution in [1.29, 1.82) is 0 Å². The number of allylic oxidation sites excluding steroid dienone is 1. The summed E-state index contributed by atoms with van der Waals surface area (Å²) in [5, 5.41) is 14.6. The minimum absolute atomic E-state index is 0.161. The van der Waals surface area contributed by atoms with Gasteiger partial charge in [0.1, 0.15) is 5.01 Å². The van der Waals surface area contributed by atoms with Crippen molar-refractivity contribution in [2.24, 2.45) is 0 Å². The predicted octanol–water partition coefficient (Wildman–Crippen LogP) is 3.20. The molecule has 27 heavy (non-hydrogen) atoms. The second-order valence-electron chi connectivity index (χ2n) is 5.79. The average Bonchev–Trinajstić information content (AvgIpc) is 3.25. The van der Waals surface area contributed by atoms with E-state index in [4.69, 9.17) is 0 Å². The first kappa shape index (κ1) is 17.6. The zero-order valence-corrected chi connectivity index (χ0v) is 16.2. The molecule has 7 nitrogen and oxygen atoms in total. The van der Waals surface area contributed by atoms with E-state index >= 15 is 0 Å². The maximum atomic E-state index is 12.0. The van der Waals surface area contributed by atoms with E-state index in [1.807, 2.05) is 41.0 Å². The van der Waals surface area contributed by atoms with Gasteiger partial charge in [0.2, 0.25) is 4.96 Å². The smallest absolute Gasteiger partial charge is 0.275 e. The third-order valence-corrected chi connectivity index (χ3v) is 5.87. The van der Waals surface area contributed by atoms with Gasteiger partial charge in [-0.05, 0) is 6.92 Å². The van der Waals surface area contributed by atoms with E-state index in [-0.39, 0.29) is 5.56 Å². The van der Waals surface area contributed by atoms with Gasteiger partial charge in [0.05, 0.1) is 5.75 Å². The Morgan fingerprint density at radius 1 is 1.26 bits per heavy atom. The molecule has 3 heterocycles. The largest absolute Gasteiger partial charge is 0.298 e. The molecule has 0 N–H and O–H groups in total. The Morgan fingerprint density at radius 3 is 2.85 bits per heavy atom. The lowest BCUT2D eigenvalue weighted by Gasteiger charge is -2.06. The van der Waals surface area contributed by atoms with Gasteiger partial charge in [-0.1, -0.05) is 59.5 Å². The first-order chi connectivity index (χ1) is 13.2. The van der Waals surface area contributed by atoms with Crippen molar-refractivity contribution in [3.8, 4) is 11.4 Å². The normalized spacial score (nSPS) is 11.1. The molecule has 0 saturated carbocycles. The number of hydrogen-bond acceptors (Lipinski definition) is 7. The van der Waals surface area contributed by atoms with Crippen molar-refractivity contribution in [2.45, 2.75) is 24.4 Å². The maximum Gasteiger partial charge on any atom is 0.275 e. The van der Waals surface area contributed by atoms with Crippen LogP contribution in [0, 0.1) is 6.92 Å². The molecule has 4 rings (SSSR count). The van der Waals surface area contributed by atoms with Gasteiger partial charge in [-0.25, -0.2) is 4.98 Å². The fourth-order valence-electron chi connectivity index (χ4n) is 2.63. The lowest BCUT2D eigenvalue weighted by Crippen LogP contribution is -2.14. The van der Waals surface area contributed by atoms with E-state index in [0.29, 0.717) is 23.0 Å². The minimum Gasteiger partial charge on any atom is -0.298 e. The second kappa shape index (κ2) is 7.45. The van der Waals surface area contributed by atoms with Crippen molar-refractivity contribution < 1.29 is 0 Å². The van der Waals surface area contributed by atoms with Gasteiger partial charge < -0.3 is 0 Å². The molecule has 1 aromatic carbocycles. The highest BCUT2D eigenvalue weighted by Gasteiger charge is 2.15. The highest BCUT2D eigenvalue weighted by atomic mass is 32.2. The second-order valence-corrected chi connectivity index (χ2v) is 7.77. The number of thioether (sulfide) groups is 1. The number of fused-ring (bicyclic) bond motifs is 1. The minimum atomic E-state index is -0.161. The van der Waals surface area contributed by atoms with E-state index in [1.165, 1.54) is 33.7 Å². The van der Waals surface area contributed by atoms with Crippen molar-refractivity contribution in [3.05, 3.63) is 70.1 Å². The number of hydrogen-bond donors (Lipinski definition) is 0. The third kappa shape index (κ3) is 3.56. The molecule has 0 aliphatic carbocycles. The van der Waals surface area contributed by atoms with Gasteiger partial charge in [0.25, 0.3) is 5.56 Å². The zero-order chi connectivity index (χ0) is 18.8. The van der Waals surface area contributed by atoms with Crippen LogP contribution in [0.2, 0.25) is 0 Å². The zero-order valence-electron chi connectivity index (χ0n) is 14.6. The summed E-state index contributed by atoms with van der Waals surface area (Å²) < 4.78 is 3.37. The van der Waals surface area contributed by atoms with Crippen LogP contribution in [-0.4, -0.2) is 29.4 Å². The molecule has 0 radical (unpaired) electrons. The lowest BCUT2D eigenvalue weighted by atomic mass is 10.2. The Morgan fingerprint density at radius 2 is 2.07 bits per heavy atom. The number of nitrogens with zero attached hydrogens (tertiary/aromatic N) is 6. The molecule has 136 valence electrons. The number of aromatic nitrogens is 6. The van der Waals surface area contributed by atoms with E-state index in [1.54, 1.807) is 6.92 Å². The molecular weight excluding hydrogens is 380 g/mol. The van der Waals surface area contributed by atoms with Gasteiger partial charge in [-0.3, -0.25) is 9.36 Å². The van der Waals surface area contributed by atoms with Gasteiger partial charge in [-0.15, -0.1) is 16.8 Å². The number of aryl methyl sites for hydroxylation is 1. The van der Waals surface area contributed by atoms with Crippen LogP contribution in [0.4, 0.5) is 0 Å². The van der Waals surface area contributed by atoms with E-state index in [0.717, 1.165) is 21.6 Å². The fourth-order valence-corrected chi connectivity index (χ4v) is 4.51. The summed E-state index contributed by atoms with van der Waals surface area (Å²) in [7, 11) is 0. The Kier molecular flexibility index (Phi) is 4.87. The molecule has 4 aromatic rings. The van der Waals surface area contributed by atoms with Crippen LogP contribution >= 0.6 is 23.1 Å². The first-order valence-electron chi connectivity index (χ1n) is 8.24.